The lowest BCUT2D eigenvalue weighted by Gasteiger charge is -2.24. The molecule has 15 heavy (non-hydrogen) atoms. The fraction of sp³-hybridized carbons (Fsp3) is 0.462. The Morgan fingerprint density at radius 2 is 1.93 bits per heavy atom. The molecular weight excluding hydrogens is 186 g/mol. The normalized spacial score (nSPS) is 10.5. The summed E-state index contributed by atoms with van der Waals surface area (Å²) in [5, 5.41) is 0. The zero-order chi connectivity index (χ0) is 11.4. The molecule has 0 fully saturated rings. The van der Waals surface area contributed by atoms with Gasteiger partial charge >= 0.3 is 0 Å². The lowest BCUT2D eigenvalue weighted by atomic mass is 10.1. The summed E-state index contributed by atoms with van der Waals surface area (Å²) in [6.07, 6.45) is 0. The lowest BCUT2D eigenvalue weighted by Crippen LogP contribution is -2.34. The van der Waals surface area contributed by atoms with E-state index < -0.39 is 0 Å². The van der Waals surface area contributed by atoms with Gasteiger partial charge in [0.2, 0.25) is 5.91 Å². The highest BCUT2D eigenvalue weighted by molar-refractivity contribution is 5.95. The third kappa shape index (κ3) is 2.58. The van der Waals surface area contributed by atoms with E-state index in [-0.39, 0.29) is 11.8 Å². The molecule has 0 spiro atoms. The zero-order valence-corrected chi connectivity index (χ0v) is 9.95. The van der Waals surface area contributed by atoms with Gasteiger partial charge in [0.15, 0.2) is 0 Å². The Hall–Kier alpha value is -1.31. The molecule has 0 saturated carbocycles. The van der Waals surface area contributed by atoms with Crippen LogP contribution in [0.25, 0.3) is 0 Å². The van der Waals surface area contributed by atoms with Crippen molar-refractivity contribution in [1.29, 1.82) is 0 Å². The molecule has 0 aliphatic heterocycles. The molecular formula is C13H19NO. The van der Waals surface area contributed by atoms with E-state index in [1.54, 1.807) is 0 Å². The highest BCUT2D eigenvalue weighted by Crippen LogP contribution is 2.20. The van der Waals surface area contributed by atoms with E-state index >= 15 is 0 Å². The van der Waals surface area contributed by atoms with E-state index in [0.717, 1.165) is 17.8 Å². The monoisotopic (exact) mass is 205 g/mol. The molecule has 1 amide bonds. The molecule has 2 nitrogen and oxygen atoms in total. The van der Waals surface area contributed by atoms with E-state index in [4.69, 9.17) is 0 Å². The van der Waals surface area contributed by atoms with Crippen LogP contribution in [0.3, 0.4) is 0 Å². The molecule has 1 rings (SSSR count). The van der Waals surface area contributed by atoms with Crippen molar-refractivity contribution in [2.24, 2.45) is 5.92 Å². The van der Waals surface area contributed by atoms with Gasteiger partial charge in [0.05, 0.1) is 0 Å². The quantitative estimate of drug-likeness (QED) is 0.742. The number of benzene rings is 1. The number of para-hydroxylation sites is 1. The zero-order valence-electron chi connectivity index (χ0n) is 9.95. The van der Waals surface area contributed by atoms with Crippen LogP contribution in [0.4, 0.5) is 5.69 Å². The number of hydrogen-bond acceptors (Lipinski definition) is 1. The molecule has 0 aromatic heterocycles. The topological polar surface area (TPSA) is 20.3 Å². The molecule has 0 bridgehead atoms. The fourth-order valence-electron chi connectivity index (χ4n) is 1.62. The number of anilines is 1. The van der Waals surface area contributed by atoms with Gasteiger partial charge in [-0.2, -0.15) is 0 Å². The van der Waals surface area contributed by atoms with Crippen LogP contribution >= 0.6 is 0 Å². The first-order chi connectivity index (χ1) is 7.07. The Kier molecular flexibility index (Phi) is 3.89. The number of aryl methyl sites for hydroxylation is 1. The third-order valence-electron chi connectivity index (χ3n) is 2.48. The number of hydrogen-bond donors (Lipinski definition) is 0. The molecule has 0 atom stereocenters. The molecule has 0 unspecified atom stereocenters. The first-order valence-corrected chi connectivity index (χ1v) is 5.45. The van der Waals surface area contributed by atoms with Crippen LogP contribution in [0.1, 0.15) is 26.3 Å². The molecule has 0 heterocycles. The third-order valence-corrected chi connectivity index (χ3v) is 2.48. The summed E-state index contributed by atoms with van der Waals surface area (Å²) in [5.74, 6) is 0.233. The Morgan fingerprint density at radius 1 is 1.33 bits per heavy atom. The second-order valence-electron chi connectivity index (χ2n) is 4.02. The average Bonchev–Trinajstić information content (AvgIpc) is 2.21. The highest BCUT2D eigenvalue weighted by atomic mass is 16.2. The first kappa shape index (κ1) is 11.8. The Balaban J connectivity index is 3.03. The molecule has 0 aliphatic rings. The second-order valence-corrected chi connectivity index (χ2v) is 4.02. The van der Waals surface area contributed by atoms with Crippen LogP contribution in [0.5, 0.6) is 0 Å². The SMILES string of the molecule is CCN(C(=O)C(C)C)c1ccccc1C. The van der Waals surface area contributed by atoms with Crippen molar-refractivity contribution in [2.75, 3.05) is 11.4 Å². The number of amides is 1. The van der Waals surface area contributed by atoms with Crippen LogP contribution in [0.2, 0.25) is 0 Å². The van der Waals surface area contributed by atoms with Crippen molar-refractivity contribution in [2.45, 2.75) is 27.7 Å². The summed E-state index contributed by atoms with van der Waals surface area (Å²) in [6.45, 7) is 8.63. The van der Waals surface area contributed by atoms with Gasteiger partial charge in [-0.3, -0.25) is 4.79 Å². The Bertz CT molecular complexity index is 344. The standard InChI is InChI=1S/C13H19NO/c1-5-14(13(15)10(2)3)12-9-7-6-8-11(12)4/h6-10H,5H2,1-4H3. The molecule has 0 radical (unpaired) electrons. The summed E-state index contributed by atoms with van der Waals surface area (Å²) in [6, 6.07) is 8.00. The Labute approximate surface area is 91.9 Å². The minimum absolute atomic E-state index is 0.0459. The van der Waals surface area contributed by atoms with Crippen LogP contribution < -0.4 is 4.90 Å². The van der Waals surface area contributed by atoms with Crippen molar-refractivity contribution in [3.8, 4) is 0 Å². The van der Waals surface area contributed by atoms with E-state index in [9.17, 15) is 4.79 Å². The maximum atomic E-state index is 12.0. The molecule has 0 aliphatic carbocycles. The van der Waals surface area contributed by atoms with Crippen molar-refractivity contribution in [1.82, 2.24) is 0 Å². The predicted molar refractivity (Wildman–Crippen MR) is 64.0 cm³/mol. The summed E-state index contributed by atoms with van der Waals surface area (Å²) in [5.41, 5.74) is 2.17. The number of rotatable bonds is 3. The molecule has 2 heteroatoms. The second kappa shape index (κ2) is 4.96. The van der Waals surface area contributed by atoms with E-state index in [2.05, 4.69) is 0 Å². The molecule has 1 aromatic rings. The van der Waals surface area contributed by atoms with Gasteiger partial charge in [-0.1, -0.05) is 32.0 Å². The van der Waals surface area contributed by atoms with Gasteiger partial charge in [-0.05, 0) is 25.5 Å². The van der Waals surface area contributed by atoms with Gasteiger partial charge in [-0.25, -0.2) is 0 Å². The van der Waals surface area contributed by atoms with Crippen LogP contribution in [-0.4, -0.2) is 12.5 Å². The summed E-state index contributed by atoms with van der Waals surface area (Å²) < 4.78 is 0. The van der Waals surface area contributed by atoms with Crippen LogP contribution in [0, 0.1) is 12.8 Å². The van der Waals surface area contributed by atoms with Crippen LogP contribution in [0.15, 0.2) is 24.3 Å². The van der Waals surface area contributed by atoms with Crippen molar-refractivity contribution < 1.29 is 4.79 Å². The number of nitrogens with zero attached hydrogens (tertiary/aromatic N) is 1. The molecule has 0 N–H and O–H groups in total. The van der Waals surface area contributed by atoms with Gasteiger partial charge in [0.25, 0.3) is 0 Å². The van der Waals surface area contributed by atoms with Gasteiger partial charge < -0.3 is 4.90 Å². The first-order valence-electron chi connectivity index (χ1n) is 5.45. The van der Waals surface area contributed by atoms with E-state index in [1.807, 2.05) is 56.9 Å². The maximum absolute atomic E-state index is 12.0. The largest absolute Gasteiger partial charge is 0.312 e. The minimum atomic E-state index is 0.0459. The minimum Gasteiger partial charge on any atom is -0.312 e. The highest BCUT2D eigenvalue weighted by Gasteiger charge is 2.17. The van der Waals surface area contributed by atoms with Crippen molar-refractivity contribution in [3.05, 3.63) is 29.8 Å². The van der Waals surface area contributed by atoms with Gasteiger partial charge in [0, 0.05) is 18.2 Å². The smallest absolute Gasteiger partial charge is 0.229 e. The van der Waals surface area contributed by atoms with Crippen molar-refractivity contribution in [3.63, 3.8) is 0 Å². The van der Waals surface area contributed by atoms with Crippen LogP contribution in [-0.2, 0) is 4.79 Å². The summed E-state index contributed by atoms with van der Waals surface area (Å²) in [7, 11) is 0. The van der Waals surface area contributed by atoms with E-state index in [0.29, 0.717) is 0 Å². The van der Waals surface area contributed by atoms with Gasteiger partial charge in [-0.15, -0.1) is 0 Å². The number of carbonyl (C=O) groups excluding carboxylic acids is 1. The maximum Gasteiger partial charge on any atom is 0.229 e. The molecule has 82 valence electrons. The summed E-state index contributed by atoms with van der Waals surface area (Å²) in [4.78, 5) is 13.8. The predicted octanol–water partition coefficient (Wildman–Crippen LogP) is 3.00. The van der Waals surface area contributed by atoms with Gasteiger partial charge in [0.1, 0.15) is 0 Å². The lowest BCUT2D eigenvalue weighted by molar-refractivity contribution is -0.121. The Morgan fingerprint density at radius 3 is 2.40 bits per heavy atom. The molecule has 0 saturated heterocycles. The average molecular weight is 205 g/mol. The fourth-order valence-corrected chi connectivity index (χ4v) is 1.62. The molecule has 1 aromatic carbocycles. The summed E-state index contributed by atoms with van der Waals surface area (Å²) >= 11 is 0. The number of carbonyl (C=O) groups is 1. The van der Waals surface area contributed by atoms with Crippen molar-refractivity contribution >= 4 is 11.6 Å². The van der Waals surface area contributed by atoms with E-state index in [1.165, 1.54) is 0 Å².